The van der Waals surface area contributed by atoms with E-state index in [2.05, 4.69) is 11.7 Å². The van der Waals surface area contributed by atoms with E-state index in [-0.39, 0.29) is 0 Å². The first kappa shape index (κ1) is 12.5. The maximum Gasteiger partial charge on any atom is 0.142 e. The average molecular weight is 217 g/mol. The van der Waals surface area contributed by atoms with Crippen molar-refractivity contribution in [1.29, 1.82) is 0 Å². The maximum atomic E-state index is 5.27. The summed E-state index contributed by atoms with van der Waals surface area (Å²) in [6, 6.07) is 10.1. The molecule has 0 aliphatic heterocycles. The Balaban J connectivity index is 2.23. The van der Waals surface area contributed by atoms with E-state index in [1.54, 1.807) is 0 Å². The first-order valence-electron chi connectivity index (χ1n) is 5.63. The molecule has 16 heavy (non-hydrogen) atoms. The van der Waals surface area contributed by atoms with Crippen molar-refractivity contribution < 1.29 is 4.84 Å². The third kappa shape index (κ3) is 5.35. The molecule has 0 aliphatic carbocycles. The molecule has 1 rings (SSSR count). The summed E-state index contributed by atoms with van der Waals surface area (Å²) in [5, 5.41) is 4.07. The molecule has 0 saturated carbocycles. The number of hydrogen-bond acceptors (Lipinski definition) is 2. The summed E-state index contributed by atoms with van der Waals surface area (Å²) in [6.45, 7) is 6.22. The molecular weight excluding hydrogens is 198 g/mol. The van der Waals surface area contributed by atoms with Crippen molar-refractivity contribution in [3.05, 3.63) is 48.6 Å². The van der Waals surface area contributed by atoms with Gasteiger partial charge in [-0.3, -0.25) is 0 Å². The van der Waals surface area contributed by atoms with E-state index in [9.17, 15) is 0 Å². The van der Waals surface area contributed by atoms with Gasteiger partial charge in [0.15, 0.2) is 0 Å². The summed E-state index contributed by atoms with van der Waals surface area (Å²) in [4.78, 5) is 5.27. The Kier molecular flexibility index (Phi) is 6.00. The van der Waals surface area contributed by atoms with Crippen molar-refractivity contribution in [2.24, 2.45) is 5.16 Å². The molecule has 0 bridgehead atoms. The van der Waals surface area contributed by atoms with E-state index in [4.69, 9.17) is 4.84 Å². The Bertz CT molecular complexity index is 330. The van der Waals surface area contributed by atoms with E-state index in [0.29, 0.717) is 6.61 Å². The first-order valence-corrected chi connectivity index (χ1v) is 5.63. The van der Waals surface area contributed by atoms with Crippen LogP contribution in [0.2, 0.25) is 0 Å². The van der Waals surface area contributed by atoms with Crippen LogP contribution in [0.1, 0.15) is 31.7 Å². The van der Waals surface area contributed by atoms with Gasteiger partial charge in [0.1, 0.15) is 6.61 Å². The van der Waals surface area contributed by atoms with Crippen LogP contribution in [-0.4, -0.2) is 5.71 Å². The largest absolute Gasteiger partial charge is 0.391 e. The highest BCUT2D eigenvalue weighted by Crippen LogP contribution is 2.02. The second-order valence-corrected chi connectivity index (χ2v) is 3.77. The van der Waals surface area contributed by atoms with Gasteiger partial charge in [0, 0.05) is 0 Å². The molecule has 0 atom stereocenters. The second-order valence-electron chi connectivity index (χ2n) is 3.77. The Labute approximate surface area is 97.6 Å². The maximum absolute atomic E-state index is 5.27. The van der Waals surface area contributed by atoms with Gasteiger partial charge in [-0.05, 0) is 31.7 Å². The van der Waals surface area contributed by atoms with Crippen molar-refractivity contribution in [2.45, 2.75) is 32.8 Å². The molecule has 0 aliphatic rings. The average Bonchev–Trinajstić information content (AvgIpc) is 2.31. The third-order valence-corrected chi connectivity index (χ3v) is 2.24. The molecule has 0 heterocycles. The van der Waals surface area contributed by atoms with Gasteiger partial charge in [-0.15, -0.1) is 6.58 Å². The van der Waals surface area contributed by atoms with Crippen molar-refractivity contribution >= 4 is 5.71 Å². The standard InChI is InChI=1S/C14H19NO/c1-3-4-6-9-13(2)15-16-12-14-10-7-5-8-11-14/h3,5,7-8,10-11H,1,4,6,9,12H2,2H3/b15-13+. The zero-order chi connectivity index (χ0) is 11.6. The van der Waals surface area contributed by atoms with Gasteiger partial charge in [-0.25, -0.2) is 0 Å². The number of unbranched alkanes of at least 4 members (excludes halogenated alkanes) is 1. The lowest BCUT2D eigenvalue weighted by Gasteiger charge is -2.01. The van der Waals surface area contributed by atoms with Gasteiger partial charge in [0.25, 0.3) is 0 Å². The predicted molar refractivity (Wildman–Crippen MR) is 68.4 cm³/mol. The summed E-state index contributed by atoms with van der Waals surface area (Å²) in [7, 11) is 0. The molecule has 0 saturated heterocycles. The topological polar surface area (TPSA) is 21.6 Å². The van der Waals surface area contributed by atoms with Crippen LogP contribution in [0.25, 0.3) is 0 Å². The number of rotatable bonds is 7. The fourth-order valence-electron chi connectivity index (χ4n) is 1.34. The lowest BCUT2D eigenvalue weighted by atomic mass is 10.2. The number of allylic oxidation sites excluding steroid dienone is 1. The zero-order valence-corrected chi connectivity index (χ0v) is 9.86. The first-order chi connectivity index (χ1) is 7.83. The molecular formula is C14H19NO. The van der Waals surface area contributed by atoms with E-state index >= 15 is 0 Å². The van der Waals surface area contributed by atoms with Gasteiger partial charge < -0.3 is 4.84 Å². The Morgan fingerprint density at radius 1 is 1.38 bits per heavy atom. The number of hydrogen-bond donors (Lipinski definition) is 0. The minimum Gasteiger partial charge on any atom is -0.391 e. The molecule has 0 N–H and O–H groups in total. The van der Waals surface area contributed by atoms with E-state index < -0.39 is 0 Å². The number of nitrogens with zero attached hydrogens (tertiary/aromatic N) is 1. The minimum atomic E-state index is 0.541. The molecule has 0 radical (unpaired) electrons. The van der Waals surface area contributed by atoms with Crippen molar-refractivity contribution in [1.82, 2.24) is 0 Å². The minimum absolute atomic E-state index is 0.541. The number of benzene rings is 1. The summed E-state index contributed by atoms with van der Waals surface area (Å²) >= 11 is 0. The van der Waals surface area contributed by atoms with Crippen molar-refractivity contribution in [2.75, 3.05) is 0 Å². The predicted octanol–water partition coefficient (Wildman–Crippen LogP) is 3.94. The van der Waals surface area contributed by atoms with Gasteiger partial charge in [-0.2, -0.15) is 0 Å². The van der Waals surface area contributed by atoms with Gasteiger partial charge in [0.2, 0.25) is 0 Å². The Hall–Kier alpha value is -1.57. The van der Waals surface area contributed by atoms with Gasteiger partial charge in [0.05, 0.1) is 5.71 Å². The van der Waals surface area contributed by atoms with Crippen LogP contribution < -0.4 is 0 Å². The molecule has 0 amide bonds. The van der Waals surface area contributed by atoms with Crippen molar-refractivity contribution in [3.8, 4) is 0 Å². The molecule has 0 spiro atoms. The fraction of sp³-hybridized carbons (Fsp3) is 0.357. The molecule has 1 aromatic rings. The summed E-state index contributed by atoms with van der Waals surface area (Å²) < 4.78 is 0. The highest BCUT2D eigenvalue weighted by molar-refractivity contribution is 5.81. The lowest BCUT2D eigenvalue weighted by Crippen LogP contribution is -1.94. The summed E-state index contributed by atoms with van der Waals surface area (Å²) in [6.07, 6.45) is 5.03. The lowest BCUT2D eigenvalue weighted by molar-refractivity contribution is 0.129. The van der Waals surface area contributed by atoms with Crippen molar-refractivity contribution in [3.63, 3.8) is 0 Å². The summed E-state index contributed by atoms with van der Waals surface area (Å²) in [5.74, 6) is 0. The monoisotopic (exact) mass is 217 g/mol. The van der Waals surface area contributed by atoms with E-state index in [1.165, 1.54) is 0 Å². The Morgan fingerprint density at radius 3 is 2.81 bits per heavy atom. The Morgan fingerprint density at radius 2 is 2.12 bits per heavy atom. The SMILES string of the molecule is C=CCCC/C(C)=N/OCc1ccccc1. The normalized spacial score (nSPS) is 11.2. The molecule has 0 fully saturated rings. The van der Waals surface area contributed by atoms with Crippen LogP contribution in [0.15, 0.2) is 48.1 Å². The van der Waals surface area contributed by atoms with Crippen LogP contribution >= 0.6 is 0 Å². The molecule has 0 unspecified atom stereocenters. The highest BCUT2D eigenvalue weighted by atomic mass is 16.6. The van der Waals surface area contributed by atoms with Crippen LogP contribution in [-0.2, 0) is 11.4 Å². The van der Waals surface area contributed by atoms with E-state index in [1.807, 2.05) is 43.3 Å². The molecule has 0 aromatic heterocycles. The molecule has 2 heteroatoms. The molecule has 1 aromatic carbocycles. The quantitative estimate of drug-likeness (QED) is 0.293. The van der Waals surface area contributed by atoms with Gasteiger partial charge >= 0.3 is 0 Å². The molecule has 2 nitrogen and oxygen atoms in total. The van der Waals surface area contributed by atoms with Crippen LogP contribution in [0.3, 0.4) is 0 Å². The van der Waals surface area contributed by atoms with Gasteiger partial charge in [-0.1, -0.05) is 41.6 Å². The van der Waals surface area contributed by atoms with E-state index in [0.717, 1.165) is 30.5 Å². The smallest absolute Gasteiger partial charge is 0.142 e. The highest BCUT2D eigenvalue weighted by Gasteiger charge is 1.93. The third-order valence-electron chi connectivity index (χ3n) is 2.24. The number of oxime groups is 1. The van der Waals surface area contributed by atoms with Crippen LogP contribution in [0.5, 0.6) is 0 Å². The fourth-order valence-corrected chi connectivity index (χ4v) is 1.34. The zero-order valence-electron chi connectivity index (χ0n) is 9.86. The van der Waals surface area contributed by atoms with Crippen LogP contribution in [0.4, 0.5) is 0 Å². The summed E-state index contributed by atoms with van der Waals surface area (Å²) in [5.41, 5.74) is 2.18. The molecule has 86 valence electrons. The van der Waals surface area contributed by atoms with Crippen LogP contribution in [0, 0.1) is 0 Å². The second kappa shape index (κ2) is 7.69.